The summed E-state index contributed by atoms with van der Waals surface area (Å²) in [7, 11) is -2.25. The number of unbranched alkanes of at least 4 members (excludes halogenated alkanes) is 2. The highest BCUT2D eigenvalue weighted by atomic mass is 79.9. The minimum absolute atomic E-state index is 0.215. The smallest absolute Gasteiger partial charge is 0.412 e. The molecule has 4 rings (SSSR count). The van der Waals surface area contributed by atoms with Gasteiger partial charge in [-0.05, 0) is 65.8 Å². The number of nitrogens with one attached hydrogen (secondary N) is 1. The predicted molar refractivity (Wildman–Crippen MR) is 142 cm³/mol. The van der Waals surface area contributed by atoms with Crippen LogP contribution < -0.4 is 4.72 Å². The van der Waals surface area contributed by atoms with Crippen molar-refractivity contribution in [2.45, 2.75) is 42.8 Å². The number of halogens is 1. The van der Waals surface area contributed by atoms with Gasteiger partial charge in [0.25, 0.3) is 0 Å². The number of nitrogens with zero attached hydrogens (tertiary/aromatic N) is 1. The molecule has 0 radical (unpaired) electrons. The van der Waals surface area contributed by atoms with Crippen molar-refractivity contribution in [1.82, 2.24) is 9.62 Å². The Morgan fingerprint density at radius 1 is 0.972 bits per heavy atom. The zero-order valence-corrected chi connectivity index (χ0v) is 22.3. The van der Waals surface area contributed by atoms with Gasteiger partial charge >= 0.3 is 6.09 Å². The Morgan fingerprint density at radius 3 is 2.14 bits per heavy atom. The number of rotatable bonds is 10. The largest absolute Gasteiger partial charge is 0.453 e. The van der Waals surface area contributed by atoms with Crippen LogP contribution in [0.15, 0.2) is 82.2 Å². The molecule has 3 aromatic carbocycles. The summed E-state index contributed by atoms with van der Waals surface area (Å²) >= 11 is 3.30. The van der Waals surface area contributed by atoms with E-state index < -0.39 is 28.4 Å². The van der Waals surface area contributed by atoms with Gasteiger partial charge in [-0.15, -0.1) is 0 Å². The first-order chi connectivity index (χ1) is 17.3. The molecule has 0 aliphatic heterocycles. The second-order valence-corrected chi connectivity index (χ2v) is 11.3. The van der Waals surface area contributed by atoms with Crippen molar-refractivity contribution < 1.29 is 23.1 Å². The maximum atomic E-state index is 12.8. The molecule has 1 amide bonds. The topological polar surface area (TPSA) is 95.9 Å². The van der Waals surface area contributed by atoms with Crippen LogP contribution in [0.25, 0.3) is 11.1 Å². The van der Waals surface area contributed by atoms with E-state index in [4.69, 9.17) is 4.74 Å². The van der Waals surface area contributed by atoms with Crippen molar-refractivity contribution in [1.29, 1.82) is 0 Å². The third kappa shape index (κ3) is 5.64. The molecule has 9 heteroatoms. The van der Waals surface area contributed by atoms with Crippen molar-refractivity contribution >= 4 is 32.0 Å². The molecule has 0 saturated heterocycles. The molecule has 1 unspecified atom stereocenters. The van der Waals surface area contributed by atoms with E-state index in [1.807, 2.05) is 48.5 Å². The average Bonchev–Trinajstić information content (AvgIpc) is 3.21. The molecule has 7 nitrogen and oxygen atoms in total. The number of aliphatic hydroxyl groups is 1. The van der Waals surface area contributed by atoms with Crippen LogP contribution in [0.2, 0.25) is 0 Å². The van der Waals surface area contributed by atoms with Gasteiger partial charge in [0, 0.05) is 11.0 Å². The minimum atomic E-state index is -3.57. The van der Waals surface area contributed by atoms with E-state index in [9.17, 15) is 18.3 Å². The molecular formula is C27H29BrN2O5S. The Balaban J connectivity index is 1.36. The molecular weight excluding hydrogens is 544 g/mol. The zero-order chi connectivity index (χ0) is 25.7. The number of hydrogen-bond acceptors (Lipinski definition) is 5. The first-order valence-electron chi connectivity index (χ1n) is 11.8. The van der Waals surface area contributed by atoms with Gasteiger partial charge in [-0.2, -0.15) is 0 Å². The number of methoxy groups -OCH3 is 1. The van der Waals surface area contributed by atoms with Crippen LogP contribution in [0, 0.1) is 0 Å². The Kier molecular flexibility index (Phi) is 8.46. The summed E-state index contributed by atoms with van der Waals surface area (Å²) in [6, 6.07) is 21.8. The summed E-state index contributed by atoms with van der Waals surface area (Å²) in [5.74, 6) is 0. The Hall–Kier alpha value is -2.72. The number of benzene rings is 3. The van der Waals surface area contributed by atoms with Gasteiger partial charge in [0.15, 0.2) is 0 Å². The van der Waals surface area contributed by atoms with Crippen molar-refractivity contribution in [2.75, 3.05) is 13.7 Å². The number of amides is 1. The van der Waals surface area contributed by atoms with Crippen LogP contribution in [0.1, 0.15) is 42.9 Å². The number of hydrogen-bond donors (Lipinski definition) is 2. The van der Waals surface area contributed by atoms with Crippen LogP contribution in [0.5, 0.6) is 0 Å². The predicted octanol–water partition coefficient (Wildman–Crippen LogP) is 5.44. The summed E-state index contributed by atoms with van der Waals surface area (Å²) in [6.07, 6.45) is 0.602. The van der Waals surface area contributed by atoms with E-state index >= 15 is 0 Å². The molecule has 0 bridgehead atoms. The molecule has 36 heavy (non-hydrogen) atoms. The van der Waals surface area contributed by atoms with Gasteiger partial charge < -0.3 is 9.84 Å². The maximum Gasteiger partial charge on any atom is 0.412 e. The Labute approximate surface area is 220 Å². The lowest BCUT2D eigenvalue weighted by atomic mass is 10.0. The molecule has 0 heterocycles. The molecule has 0 aromatic heterocycles. The summed E-state index contributed by atoms with van der Waals surface area (Å²) in [6.45, 7) is 0.290. The van der Waals surface area contributed by atoms with E-state index in [-0.39, 0.29) is 4.90 Å². The van der Waals surface area contributed by atoms with Gasteiger partial charge in [-0.1, -0.05) is 70.9 Å². The van der Waals surface area contributed by atoms with Crippen molar-refractivity contribution in [2.24, 2.45) is 0 Å². The Bertz CT molecular complexity index is 1270. The molecule has 1 atom stereocenters. The molecule has 0 spiro atoms. The second-order valence-electron chi connectivity index (χ2n) is 8.64. The lowest BCUT2D eigenvalue weighted by Crippen LogP contribution is -2.42. The molecule has 3 aromatic rings. The lowest BCUT2D eigenvalue weighted by molar-refractivity contribution is -0.0155. The third-order valence-corrected chi connectivity index (χ3v) is 8.35. The molecule has 0 saturated carbocycles. The summed E-state index contributed by atoms with van der Waals surface area (Å²) < 4.78 is 33.3. The summed E-state index contributed by atoms with van der Waals surface area (Å²) in [5, 5.41) is 11.1. The molecule has 1 aliphatic carbocycles. The van der Waals surface area contributed by atoms with E-state index in [1.165, 1.54) is 12.0 Å². The fourth-order valence-corrected chi connectivity index (χ4v) is 5.94. The van der Waals surface area contributed by atoms with Crippen LogP contribution in [0.4, 0.5) is 4.79 Å². The highest BCUT2D eigenvalue weighted by molar-refractivity contribution is 9.10. The fraction of sp³-hybridized carbons (Fsp3) is 0.296. The highest BCUT2D eigenvalue weighted by Crippen LogP contribution is 2.47. The van der Waals surface area contributed by atoms with Gasteiger partial charge in [0.2, 0.25) is 10.0 Å². The normalized spacial score (nSPS) is 13.6. The monoisotopic (exact) mass is 572 g/mol. The lowest BCUT2D eigenvalue weighted by Gasteiger charge is -2.33. The second kappa shape index (κ2) is 11.6. The first-order valence-corrected chi connectivity index (χ1v) is 14.1. The average molecular weight is 574 g/mol. The highest BCUT2D eigenvalue weighted by Gasteiger charge is 2.38. The van der Waals surface area contributed by atoms with Crippen LogP contribution in [-0.4, -0.2) is 44.4 Å². The summed E-state index contributed by atoms with van der Waals surface area (Å²) in [4.78, 5) is 14.4. The van der Waals surface area contributed by atoms with Crippen LogP contribution in [0.3, 0.4) is 0 Å². The Morgan fingerprint density at radius 2 is 1.56 bits per heavy atom. The maximum absolute atomic E-state index is 12.8. The van der Waals surface area contributed by atoms with Crippen molar-refractivity contribution in [3.63, 3.8) is 0 Å². The first kappa shape index (κ1) is 26.3. The number of ether oxygens (including phenoxy) is 1. The minimum Gasteiger partial charge on any atom is -0.453 e. The zero-order valence-electron chi connectivity index (χ0n) is 19.9. The number of fused-ring (bicyclic) bond motifs is 3. The van der Waals surface area contributed by atoms with E-state index in [0.29, 0.717) is 32.2 Å². The quantitative estimate of drug-likeness (QED) is 0.249. The number of carbonyl (C=O) groups is 1. The number of carbonyl (C=O) groups excluding carboxylic acids is 1. The van der Waals surface area contributed by atoms with Crippen LogP contribution in [-0.2, 0) is 14.8 Å². The number of aliphatic hydroxyl groups excluding tert-OH is 1. The number of sulfonamides is 1. The van der Waals surface area contributed by atoms with Crippen molar-refractivity contribution in [3.05, 3.63) is 88.4 Å². The SMILES string of the molecule is COC(=O)N(C(O)CCCCCNS(=O)(=O)c1ccc(Br)cc1)C1c2ccccc2-c2ccccc21. The fourth-order valence-electron chi connectivity index (χ4n) is 4.60. The molecule has 190 valence electrons. The van der Waals surface area contributed by atoms with Gasteiger partial charge in [-0.3, -0.25) is 4.90 Å². The third-order valence-electron chi connectivity index (χ3n) is 6.34. The van der Waals surface area contributed by atoms with Crippen LogP contribution >= 0.6 is 15.9 Å². The summed E-state index contributed by atoms with van der Waals surface area (Å²) in [5.41, 5.74) is 3.98. The van der Waals surface area contributed by atoms with E-state index in [1.54, 1.807) is 24.3 Å². The molecule has 1 aliphatic rings. The standard InChI is InChI=1S/C27H29BrN2O5S/c1-35-27(32)30(26-23-11-6-4-9-21(23)22-10-5-7-12-24(22)26)25(31)13-3-2-8-18-29-36(33,34)20-16-14-19(28)15-17-20/h4-7,9-12,14-17,25-26,29,31H,2-3,8,13,18H2,1H3. The van der Waals surface area contributed by atoms with E-state index in [2.05, 4.69) is 20.7 Å². The van der Waals surface area contributed by atoms with Gasteiger partial charge in [0.05, 0.1) is 18.0 Å². The molecule has 2 N–H and O–H groups in total. The van der Waals surface area contributed by atoms with Gasteiger partial charge in [-0.25, -0.2) is 17.9 Å². The van der Waals surface area contributed by atoms with E-state index in [0.717, 1.165) is 26.7 Å². The molecule has 0 fully saturated rings. The van der Waals surface area contributed by atoms with Crippen molar-refractivity contribution in [3.8, 4) is 11.1 Å². The van der Waals surface area contributed by atoms with Gasteiger partial charge in [0.1, 0.15) is 6.23 Å².